The standard InChI is InChI=1S/C10H8N2.C7H10N2O2/c1-7-4-9-5-8(6-11)2-3-10(9)12-7;1-5(9-4-10)7-3-8-6(2)11-7/h2-5,12H,1H3;3-5H,1-2H3,(H,9,10). The van der Waals surface area contributed by atoms with Gasteiger partial charge in [-0.1, -0.05) is 0 Å². The number of carbonyl (C=O) groups excluding carboxylic acids is 1. The Balaban J connectivity index is 0.000000168. The number of nitriles is 1. The number of hydrogen-bond acceptors (Lipinski definition) is 4. The van der Waals surface area contributed by atoms with Crippen LogP contribution in [-0.4, -0.2) is 16.4 Å². The van der Waals surface area contributed by atoms with Crippen LogP contribution in [0.15, 0.2) is 34.9 Å². The van der Waals surface area contributed by atoms with Crippen molar-refractivity contribution < 1.29 is 9.21 Å². The Morgan fingerprint density at radius 3 is 2.78 bits per heavy atom. The molecular weight excluding hydrogens is 292 g/mol. The second kappa shape index (κ2) is 7.27. The van der Waals surface area contributed by atoms with Gasteiger partial charge in [-0.15, -0.1) is 0 Å². The zero-order valence-electron chi connectivity index (χ0n) is 13.3. The molecule has 0 saturated carbocycles. The van der Waals surface area contributed by atoms with Crippen LogP contribution in [0.5, 0.6) is 0 Å². The number of carbonyl (C=O) groups is 1. The van der Waals surface area contributed by atoms with Crippen molar-refractivity contribution in [3.63, 3.8) is 0 Å². The maximum absolute atomic E-state index is 10.0. The van der Waals surface area contributed by atoms with Crippen molar-refractivity contribution in [2.24, 2.45) is 0 Å². The number of aryl methyl sites for hydroxylation is 2. The molecule has 2 N–H and O–H groups in total. The van der Waals surface area contributed by atoms with E-state index in [4.69, 9.17) is 9.68 Å². The summed E-state index contributed by atoms with van der Waals surface area (Å²) in [5.41, 5.74) is 2.92. The first-order valence-electron chi connectivity index (χ1n) is 7.15. The van der Waals surface area contributed by atoms with Gasteiger partial charge in [-0.25, -0.2) is 4.98 Å². The lowest BCUT2D eigenvalue weighted by molar-refractivity contribution is -0.110. The van der Waals surface area contributed by atoms with Crippen molar-refractivity contribution in [3.8, 4) is 6.07 Å². The number of aromatic nitrogens is 2. The monoisotopic (exact) mass is 310 g/mol. The van der Waals surface area contributed by atoms with Gasteiger partial charge in [0.05, 0.1) is 23.9 Å². The summed E-state index contributed by atoms with van der Waals surface area (Å²) < 4.78 is 5.17. The molecule has 2 heterocycles. The maximum atomic E-state index is 10.0. The Kier molecular flexibility index (Phi) is 5.15. The van der Waals surface area contributed by atoms with E-state index >= 15 is 0 Å². The van der Waals surface area contributed by atoms with Crippen molar-refractivity contribution in [2.45, 2.75) is 26.8 Å². The molecule has 6 nitrogen and oxygen atoms in total. The van der Waals surface area contributed by atoms with E-state index in [0.717, 1.165) is 16.6 Å². The molecule has 0 saturated heterocycles. The van der Waals surface area contributed by atoms with E-state index in [1.807, 2.05) is 38.1 Å². The molecule has 0 spiro atoms. The van der Waals surface area contributed by atoms with E-state index in [2.05, 4.69) is 21.4 Å². The number of fused-ring (bicyclic) bond motifs is 1. The number of nitrogens with zero attached hydrogens (tertiary/aromatic N) is 2. The van der Waals surface area contributed by atoms with Crippen molar-refractivity contribution in [1.29, 1.82) is 5.26 Å². The Labute approximate surface area is 134 Å². The van der Waals surface area contributed by atoms with Crippen LogP contribution < -0.4 is 5.32 Å². The minimum Gasteiger partial charge on any atom is -0.444 e. The number of rotatable bonds is 3. The molecule has 0 aliphatic carbocycles. The van der Waals surface area contributed by atoms with Gasteiger partial charge in [-0.05, 0) is 38.1 Å². The van der Waals surface area contributed by atoms with Crippen molar-refractivity contribution >= 4 is 17.3 Å². The Morgan fingerprint density at radius 2 is 2.17 bits per heavy atom. The second-order valence-corrected chi connectivity index (χ2v) is 5.15. The van der Waals surface area contributed by atoms with Crippen LogP contribution in [0.25, 0.3) is 10.9 Å². The van der Waals surface area contributed by atoms with Gasteiger partial charge in [0.1, 0.15) is 5.76 Å². The lowest BCUT2D eigenvalue weighted by atomic mass is 10.2. The zero-order chi connectivity index (χ0) is 16.8. The van der Waals surface area contributed by atoms with Gasteiger partial charge in [0.25, 0.3) is 0 Å². The summed E-state index contributed by atoms with van der Waals surface area (Å²) in [6.45, 7) is 5.59. The third-order valence-electron chi connectivity index (χ3n) is 3.27. The molecule has 6 heteroatoms. The predicted molar refractivity (Wildman–Crippen MR) is 86.6 cm³/mol. The lowest BCUT2D eigenvalue weighted by Crippen LogP contribution is -2.15. The summed E-state index contributed by atoms with van der Waals surface area (Å²) in [7, 11) is 0. The summed E-state index contributed by atoms with van der Waals surface area (Å²) >= 11 is 0. The van der Waals surface area contributed by atoms with E-state index in [-0.39, 0.29) is 6.04 Å². The number of aromatic amines is 1. The van der Waals surface area contributed by atoms with Gasteiger partial charge in [0.15, 0.2) is 5.89 Å². The van der Waals surface area contributed by atoms with Gasteiger partial charge in [0, 0.05) is 23.5 Å². The number of H-pyrrole nitrogens is 1. The van der Waals surface area contributed by atoms with Gasteiger partial charge >= 0.3 is 0 Å². The predicted octanol–water partition coefficient (Wildman–Crippen LogP) is 3.14. The van der Waals surface area contributed by atoms with Crippen molar-refractivity contribution in [2.75, 3.05) is 0 Å². The third kappa shape index (κ3) is 4.20. The topological polar surface area (TPSA) is 94.7 Å². The fourth-order valence-electron chi connectivity index (χ4n) is 2.11. The highest BCUT2D eigenvalue weighted by Crippen LogP contribution is 2.16. The summed E-state index contributed by atoms with van der Waals surface area (Å²) in [5.74, 6) is 1.29. The molecule has 0 aliphatic rings. The van der Waals surface area contributed by atoms with E-state index in [1.165, 1.54) is 0 Å². The van der Waals surface area contributed by atoms with Gasteiger partial charge in [-0.2, -0.15) is 5.26 Å². The number of amides is 1. The number of oxazole rings is 1. The fraction of sp³-hybridized carbons (Fsp3) is 0.235. The van der Waals surface area contributed by atoms with Crippen LogP contribution >= 0.6 is 0 Å². The van der Waals surface area contributed by atoms with E-state index in [0.29, 0.717) is 23.6 Å². The maximum Gasteiger partial charge on any atom is 0.207 e. The second-order valence-electron chi connectivity index (χ2n) is 5.15. The van der Waals surface area contributed by atoms with Crippen LogP contribution in [0.1, 0.15) is 35.9 Å². The van der Waals surface area contributed by atoms with Crippen LogP contribution in [0, 0.1) is 25.2 Å². The first kappa shape index (κ1) is 16.3. The van der Waals surface area contributed by atoms with E-state index < -0.39 is 0 Å². The lowest BCUT2D eigenvalue weighted by Gasteiger charge is -2.03. The molecule has 23 heavy (non-hydrogen) atoms. The summed E-state index contributed by atoms with van der Waals surface area (Å²) in [6, 6.07) is 9.69. The molecular formula is C17H18N4O2. The normalized spacial score (nSPS) is 11.2. The highest BCUT2D eigenvalue weighted by molar-refractivity contribution is 5.81. The quantitative estimate of drug-likeness (QED) is 0.726. The average molecular weight is 310 g/mol. The molecule has 1 amide bonds. The molecule has 0 radical (unpaired) electrons. The van der Waals surface area contributed by atoms with Crippen molar-refractivity contribution in [1.82, 2.24) is 15.3 Å². The summed E-state index contributed by atoms with van der Waals surface area (Å²) in [4.78, 5) is 17.1. The van der Waals surface area contributed by atoms with E-state index in [9.17, 15) is 4.79 Å². The molecule has 1 aromatic carbocycles. The molecule has 118 valence electrons. The highest BCUT2D eigenvalue weighted by Gasteiger charge is 2.07. The SMILES string of the molecule is Cc1cc2cc(C#N)ccc2[nH]1.Cc1ncc(C(C)NC=O)o1. The van der Waals surface area contributed by atoms with Crippen LogP contribution in [0.2, 0.25) is 0 Å². The van der Waals surface area contributed by atoms with Gasteiger partial charge in [0.2, 0.25) is 6.41 Å². The molecule has 3 rings (SSSR count). The molecule has 1 atom stereocenters. The Morgan fingerprint density at radius 1 is 1.39 bits per heavy atom. The zero-order valence-corrected chi connectivity index (χ0v) is 13.3. The van der Waals surface area contributed by atoms with Crippen LogP contribution in [0.4, 0.5) is 0 Å². The minimum atomic E-state index is -0.103. The molecule has 1 unspecified atom stereocenters. The Bertz CT molecular complexity index is 842. The molecule has 3 aromatic rings. The molecule has 0 aliphatic heterocycles. The van der Waals surface area contributed by atoms with Crippen LogP contribution in [-0.2, 0) is 4.79 Å². The van der Waals surface area contributed by atoms with Crippen LogP contribution in [0.3, 0.4) is 0 Å². The smallest absolute Gasteiger partial charge is 0.207 e. The highest BCUT2D eigenvalue weighted by atomic mass is 16.4. The largest absolute Gasteiger partial charge is 0.444 e. The Hall–Kier alpha value is -3.07. The van der Waals surface area contributed by atoms with Crippen molar-refractivity contribution in [3.05, 3.63) is 53.4 Å². The average Bonchev–Trinajstić information content (AvgIpc) is 3.12. The van der Waals surface area contributed by atoms with E-state index in [1.54, 1.807) is 13.1 Å². The molecule has 0 fully saturated rings. The minimum absolute atomic E-state index is 0.103. The molecule has 2 aromatic heterocycles. The first-order valence-corrected chi connectivity index (χ1v) is 7.15. The van der Waals surface area contributed by atoms with Gasteiger partial charge < -0.3 is 14.7 Å². The number of nitrogens with one attached hydrogen (secondary N) is 2. The fourth-order valence-corrected chi connectivity index (χ4v) is 2.11. The number of benzene rings is 1. The first-order chi connectivity index (χ1) is 11.0. The van der Waals surface area contributed by atoms with Gasteiger partial charge in [-0.3, -0.25) is 4.79 Å². The third-order valence-corrected chi connectivity index (χ3v) is 3.27. The summed E-state index contributed by atoms with van der Waals surface area (Å²) in [6.07, 6.45) is 2.25. The molecule has 0 bridgehead atoms. The number of hydrogen-bond donors (Lipinski definition) is 2. The summed E-state index contributed by atoms with van der Waals surface area (Å²) in [5, 5.41) is 12.3.